The molecule has 1 aliphatic rings. The van der Waals surface area contributed by atoms with E-state index in [1.807, 2.05) is 24.6 Å². The number of hydrogen-bond acceptors (Lipinski definition) is 3. The van der Waals surface area contributed by atoms with Crippen molar-refractivity contribution in [2.24, 2.45) is 0 Å². The Balaban J connectivity index is 2.04. The monoisotopic (exact) mass is 234 g/mol. The van der Waals surface area contributed by atoms with Crippen LogP contribution in [0.3, 0.4) is 0 Å². The summed E-state index contributed by atoms with van der Waals surface area (Å²) in [5, 5.41) is 4.45. The van der Waals surface area contributed by atoms with Crippen LogP contribution in [0.1, 0.15) is 30.9 Å². The second-order valence-corrected chi connectivity index (χ2v) is 4.82. The van der Waals surface area contributed by atoms with Crippen molar-refractivity contribution in [1.82, 2.24) is 19.7 Å². The SMILES string of the molecule is C=CCN1CCCC[C@H]1Cn1nc(C)nc1C. The van der Waals surface area contributed by atoms with Crippen molar-refractivity contribution in [3.8, 4) is 0 Å². The maximum absolute atomic E-state index is 4.45. The number of aryl methyl sites for hydroxylation is 2. The van der Waals surface area contributed by atoms with Crippen molar-refractivity contribution in [3.05, 3.63) is 24.3 Å². The van der Waals surface area contributed by atoms with Gasteiger partial charge in [-0.25, -0.2) is 9.67 Å². The Morgan fingerprint density at radius 3 is 2.88 bits per heavy atom. The van der Waals surface area contributed by atoms with Crippen molar-refractivity contribution in [3.63, 3.8) is 0 Å². The number of aromatic nitrogens is 3. The Kier molecular flexibility index (Phi) is 3.94. The van der Waals surface area contributed by atoms with Crippen LogP contribution in [-0.2, 0) is 6.54 Å². The van der Waals surface area contributed by atoms with E-state index >= 15 is 0 Å². The molecule has 0 spiro atoms. The molecule has 1 fully saturated rings. The fourth-order valence-corrected chi connectivity index (χ4v) is 2.61. The third-order valence-corrected chi connectivity index (χ3v) is 3.46. The molecule has 94 valence electrons. The summed E-state index contributed by atoms with van der Waals surface area (Å²) in [7, 11) is 0. The van der Waals surface area contributed by atoms with Crippen LogP contribution in [0.25, 0.3) is 0 Å². The first-order valence-corrected chi connectivity index (χ1v) is 6.43. The molecule has 17 heavy (non-hydrogen) atoms. The molecule has 4 nitrogen and oxygen atoms in total. The number of rotatable bonds is 4. The highest BCUT2D eigenvalue weighted by Crippen LogP contribution is 2.18. The molecule has 0 saturated carbocycles. The van der Waals surface area contributed by atoms with E-state index in [-0.39, 0.29) is 0 Å². The highest BCUT2D eigenvalue weighted by atomic mass is 15.4. The standard InChI is InChI=1S/C13H22N4/c1-4-8-16-9-6-5-7-13(16)10-17-12(3)14-11(2)15-17/h4,13H,1,5-10H2,2-3H3/t13-/m0/s1. The van der Waals surface area contributed by atoms with Gasteiger partial charge in [0.1, 0.15) is 11.6 Å². The molecule has 1 aromatic heterocycles. The maximum Gasteiger partial charge on any atom is 0.147 e. The second-order valence-electron chi connectivity index (χ2n) is 4.82. The van der Waals surface area contributed by atoms with Crippen LogP contribution in [0.5, 0.6) is 0 Å². The Morgan fingerprint density at radius 1 is 1.41 bits per heavy atom. The summed E-state index contributed by atoms with van der Waals surface area (Å²) in [5.41, 5.74) is 0. The maximum atomic E-state index is 4.45. The summed E-state index contributed by atoms with van der Waals surface area (Å²) in [4.78, 5) is 6.87. The molecule has 0 radical (unpaired) electrons. The first-order chi connectivity index (χ1) is 8.20. The molecular weight excluding hydrogens is 212 g/mol. The van der Waals surface area contributed by atoms with Gasteiger partial charge in [-0.15, -0.1) is 6.58 Å². The van der Waals surface area contributed by atoms with Crippen molar-refractivity contribution in [2.45, 2.75) is 45.7 Å². The Labute approximate surface area is 103 Å². The van der Waals surface area contributed by atoms with Gasteiger partial charge >= 0.3 is 0 Å². The largest absolute Gasteiger partial charge is 0.295 e. The summed E-state index contributed by atoms with van der Waals surface area (Å²) in [5.74, 6) is 1.89. The van der Waals surface area contributed by atoms with E-state index in [1.54, 1.807) is 0 Å². The Hall–Kier alpha value is -1.16. The summed E-state index contributed by atoms with van der Waals surface area (Å²) in [6.07, 6.45) is 5.88. The molecular formula is C13H22N4. The summed E-state index contributed by atoms with van der Waals surface area (Å²) in [6, 6.07) is 0.585. The van der Waals surface area contributed by atoms with Gasteiger partial charge in [0, 0.05) is 12.6 Å². The van der Waals surface area contributed by atoms with Gasteiger partial charge in [-0.05, 0) is 33.2 Å². The van der Waals surface area contributed by atoms with Crippen LogP contribution in [0.4, 0.5) is 0 Å². The lowest BCUT2D eigenvalue weighted by atomic mass is 10.0. The topological polar surface area (TPSA) is 34.0 Å². The second kappa shape index (κ2) is 5.45. The molecule has 4 heteroatoms. The predicted molar refractivity (Wildman–Crippen MR) is 68.9 cm³/mol. The number of nitrogens with zero attached hydrogens (tertiary/aromatic N) is 4. The van der Waals surface area contributed by atoms with Crippen LogP contribution in [0.15, 0.2) is 12.7 Å². The van der Waals surface area contributed by atoms with Crippen LogP contribution in [-0.4, -0.2) is 38.8 Å². The fraction of sp³-hybridized carbons (Fsp3) is 0.692. The molecule has 0 N–H and O–H groups in total. The first-order valence-electron chi connectivity index (χ1n) is 6.43. The smallest absolute Gasteiger partial charge is 0.147 e. The zero-order valence-electron chi connectivity index (χ0n) is 10.9. The van der Waals surface area contributed by atoms with Crippen LogP contribution in [0.2, 0.25) is 0 Å². The van der Waals surface area contributed by atoms with Gasteiger partial charge in [0.05, 0.1) is 6.54 Å². The van der Waals surface area contributed by atoms with E-state index in [0.29, 0.717) is 6.04 Å². The first kappa shape index (κ1) is 12.3. The summed E-state index contributed by atoms with van der Waals surface area (Å²) >= 11 is 0. The zero-order valence-corrected chi connectivity index (χ0v) is 10.9. The average Bonchev–Trinajstić information content (AvgIpc) is 2.61. The van der Waals surface area contributed by atoms with Crippen LogP contribution < -0.4 is 0 Å². The predicted octanol–water partition coefficient (Wildman–Crippen LogP) is 1.94. The lowest BCUT2D eigenvalue weighted by molar-refractivity contribution is 0.144. The minimum absolute atomic E-state index is 0.585. The average molecular weight is 234 g/mol. The number of hydrogen-bond donors (Lipinski definition) is 0. The molecule has 0 aliphatic carbocycles. The van der Waals surface area contributed by atoms with Gasteiger partial charge in [0.2, 0.25) is 0 Å². The minimum Gasteiger partial charge on any atom is -0.295 e. The molecule has 1 aromatic rings. The molecule has 0 unspecified atom stereocenters. The van der Waals surface area contributed by atoms with Crippen molar-refractivity contribution < 1.29 is 0 Å². The third-order valence-electron chi connectivity index (χ3n) is 3.46. The van der Waals surface area contributed by atoms with Crippen molar-refractivity contribution >= 4 is 0 Å². The molecule has 0 bridgehead atoms. The summed E-state index contributed by atoms with van der Waals surface area (Å²) < 4.78 is 2.04. The molecule has 1 aliphatic heterocycles. The van der Waals surface area contributed by atoms with Gasteiger partial charge in [-0.1, -0.05) is 12.5 Å². The van der Waals surface area contributed by atoms with Crippen molar-refractivity contribution in [2.75, 3.05) is 13.1 Å². The molecule has 0 amide bonds. The van der Waals surface area contributed by atoms with Gasteiger partial charge in [-0.2, -0.15) is 5.10 Å². The van der Waals surface area contributed by atoms with E-state index in [9.17, 15) is 0 Å². The van der Waals surface area contributed by atoms with Gasteiger partial charge in [-0.3, -0.25) is 4.90 Å². The van der Waals surface area contributed by atoms with E-state index < -0.39 is 0 Å². The lowest BCUT2D eigenvalue weighted by Gasteiger charge is -2.34. The van der Waals surface area contributed by atoms with E-state index in [1.165, 1.54) is 25.8 Å². The molecule has 1 saturated heterocycles. The highest BCUT2D eigenvalue weighted by Gasteiger charge is 2.22. The molecule has 1 atom stereocenters. The van der Waals surface area contributed by atoms with Gasteiger partial charge in [0.25, 0.3) is 0 Å². The fourth-order valence-electron chi connectivity index (χ4n) is 2.61. The zero-order chi connectivity index (χ0) is 12.3. The highest BCUT2D eigenvalue weighted by molar-refractivity contribution is 4.90. The number of piperidine rings is 1. The quantitative estimate of drug-likeness (QED) is 0.747. The van der Waals surface area contributed by atoms with E-state index in [4.69, 9.17) is 0 Å². The van der Waals surface area contributed by atoms with Crippen LogP contribution >= 0.6 is 0 Å². The number of likely N-dealkylation sites (tertiary alicyclic amines) is 1. The minimum atomic E-state index is 0.585. The van der Waals surface area contributed by atoms with E-state index in [0.717, 1.165) is 24.7 Å². The van der Waals surface area contributed by atoms with Crippen LogP contribution in [0, 0.1) is 13.8 Å². The van der Waals surface area contributed by atoms with Crippen molar-refractivity contribution in [1.29, 1.82) is 0 Å². The molecule has 0 aromatic carbocycles. The molecule has 2 rings (SSSR count). The third kappa shape index (κ3) is 2.94. The van der Waals surface area contributed by atoms with Gasteiger partial charge in [0.15, 0.2) is 0 Å². The Morgan fingerprint density at radius 2 is 2.24 bits per heavy atom. The molecule has 2 heterocycles. The summed E-state index contributed by atoms with van der Waals surface area (Å²) in [6.45, 7) is 10.9. The Bertz CT molecular complexity index is 383. The van der Waals surface area contributed by atoms with E-state index in [2.05, 4.69) is 21.6 Å². The normalized spacial score (nSPS) is 21.6. The van der Waals surface area contributed by atoms with Gasteiger partial charge < -0.3 is 0 Å². The lowest BCUT2D eigenvalue weighted by Crippen LogP contribution is -2.42.